The van der Waals surface area contributed by atoms with E-state index < -0.39 is 15.9 Å². The highest BCUT2D eigenvalue weighted by molar-refractivity contribution is 7.91. The van der Waals surface area contributed by atoms with Gasteiger partial charge in [0.25, 0.3) is 5.91 Å². The number of carbonyl (C=O) groups excluding carboxylic acids is 1. The molecule has 1 aromatic heterocycles. The zero-order valence-electron chi connectivity index (χ0n) is 24.3. The Morgan fingerprint density at radius 1 is 0.886 bits per heavy atom. The second-order valence-electron chi connectivity index (χ2n) is 11.4. The van der Waals surface area contributed by atoms with Crippen molar-refractivity contribution in [2.45, 2.75) is 25.3 Å². The third-order valence-electron chi connectivity index (χ3n) is 8.45. The zero-order chi connectivity index (χ0) is 30.7. The molecule has 0 saturated carbocycles. The average Bonchev–Trinajstić information content (AvgIpc) is 3.72. The molecule has 10 nitrogen and oxygen atoms in total. The molecule has 1 atom stereocenters. The molecule has 2 aliphatic heterocycles. The number of aromatic amines is 1. The number of likely N-dealkylation sites (tertiary alicyclic amines) is 1. The van der Waals surface area contributed by atoms with Crippen molar-refractivity contribution < 1.29 is 23.1 Å². The molecule has 3 aromatic carbocycles. The molecule has 11 heteroatoms. The molecular weight excluding hydrogens is 578 g/mol. The highest BCUT2D eigenvalue weighted by atomic mass is 32.2. The van der Waals surface area contributed by atoms with E-state index in [1.165, 1.54) is 4.90 Å². The number of nitrogens with one attached hydrogen (secondary N) is 2. The van der Waals surface area contributed by atoms with Crippen LogP contribution in [0.2, 0.25) is 0 Å². The maximum Gasteiger partial charge on any atom is 0.407 e. The van der Waals surface area contributed by atoms with Crippen LogP contribution < -0.4 is 5.32 Å². The zero-order valence-corrected chi connectivity index (χ0v) is 25.1. The summed E-state index contributed by atoms with van der Waals surface area (Å²) in [6, 6.07) is 23.0. The summed E-state index contributed by atoms with van der Waals surface area (Å²) in [6.45, 7) is 2.51. The minimum atomic E-state index is -2.87. The average molecular weight is 614 g/mol. The highest BCUT2D eigenvalue weighted by Crippen LogP contribution is 2.32. The molecule has 0 spiro atoms. The quantitative estimate of drug-likeness (QED) is 0.252. The van der Waals surface area contributed by atoms with Crippen molar-refractivity contribution in [3.05, 3.63) is 95.9 Å². The number of anilines is 1. The summed E-state index contributed by atoms with van der Waals surface area (Å²) in [5, 5.41) is 12.4. The number of amides is 2. The van der Waals surface area contributed by atoms with E-state index in [2.05, 4.69) is 20.2 Å². The molecule has 2 aliphatic rings. The number of imidazole rings is 1. The Labute approximate surface area is 256 Å². The van der Waals surface area contributed by atoms with Crippen LogP contribution in [0.5, 0.6) is 0 Å². The van der Waals surface area contributed by atoms with Crippen LogP contribution in [-0.2, 0) is 16.3 Å². The lowest BCUT2D eigenvalue weighted by molar-refractivity contribution is 0.102. The van der Waals surface area contributed by atoms with E-state index in [0.717, 1.165) is 53.8 Å². The normalized spacial score (nSPS) is 18.3. The van der Waals surface area contributed by atoms with Gasteiger partial charge >= 0.3 is 6.09 Å². The second kappa shape index (κ2) is 12.6. The maximum atomic E-state index is 12.9. The molecule has 6 rings (SSSR count). The summed E-state index contributed by atoms with van der Waals surface area (Å²) in [6.07, 6.45) is 3.24. The first-order valence-corrected chi connectivity index (χ1v) is 16.6. The first-order chi connectivity index (χ1) is 21.2. The van der Waals surface area contributed by atoms with Gasteiger partial charge in [-0.1, -0.05) is 48.5 Å². The highest BCUT2D eigenvalue weighted by Gasteiger charge is 2.31. The predicted octanol–water partition coefficient (Wildman–Crippen LogP) is 5.08. The summed E-state index contributed by atoms with van der Waals surface area (Å²) >= 11 is 0. The lowest BCUT2D eigenvalue weighted by atomic mass is 10.0. The van der Waals surface area contributed by atoms with Crippen molar-refractivity contribution in [3.8, 4) is 22.4 Å². The largest absolute Gasteiger partial charge is 0.465 e. The van der Waals surface area contributed by atoms with Crippen molar-refractivity contribution >= 4 is 27.5 Å². The van der Waals surface area contributed by atoms with E-state index in [-0.39, 0.29) is 23.5 Å². The smallest absolute Gasteiger partial charge is 0.407 e. The van der Waals surface area contributed by atoms with E-state index in [4.69, 9.17) is 0 Å². The molecule has 0 bridgehead atoms. The standard InChI is InChI=1S/C33H35N5O5S/c39-32(35-28-13-3-23(4-14-28)15-17-37-18-20-44(42,43)21-19-37)27-11-7-25(8-12-27)24-5-9-26(10-6-24)29-22-34-31(36-29)30-2-1-16-38(30)33(40)41/h3-14,22,30H,1-2,15-21H2,(H,34,36)(H,35,39)(H,40,41)/t30-/m0/s1. The molecule has 44 heavy (non-hydrogen) atoms. The Balaban J connectivity index is 1.02. The molecule has 2 saturated heterocycles. The number of carboxylic acid groups (broad SMARTS) is 1. The van der Waals surface area contributed by atoms with Gasteiger partial charge < -0.3 is 20.3 Å². The predicted molar refractivity (Wildman–Crippen MR) is 169 cm³/mol. The van der Waals surface area contributed by atoms with Gasteiger partial charge in [0.1, 0.15) is 5.82 Å². The van der Waals surface area contributed by atoms with Crippen LogP contribution in [0.15, 0.2) is 79.0 Å². The molecule has 0 radical (unpaired) electrons. The topological polar surface area (TPSA) is 136 Å². The number of benzene rings is 3. The maximum absolute atomic E-state index is 12.9. The number of H-pyrrole nitrogens is 1. The van der Waals surface area contributed by atoms with Gasteiger partial charge in [-0.15, -0.1) is 0 Å². The lowest BCUT2D eigenvalue weighted by Gasteiger charge is -2.26. The monoisotopic (exact) mass is 613 g/mol. The van der Waals surface area contributed by atoms with Crippen LogP contribution >= 0.6 is 0 Å². The van der Waals surface area contributed by atoms with Gasteiger partial charge in [-0.3, -0.25) is 9.69 Å². The number of carbonyl (C=O) groups is 2. The molecule has 2 fully saturated rings. The third-order valence-corrected chi connectivity index (χ3v) is 10.1. The molecule has 228 valence electrons. The molecule has 0 unspecified atom stereocenters. The van der Waals surface area contributed by atoms with Gasteiger partial charge in [-0.05, 0) is 65.8 Å². The second-order valence-corrected chi connectivity index (χ2v) is 13.7. The first kappa shape index (κ1) is 29.6. The van der Waals surface area contributed by atoms with Gasteiger partial charge in [-0.25, -0.2) is 18.2 Å². The molecule has 4 aromatic rings. The van der Waals surface area contributed by atoms with Crippen LogP contribution in [0.3, 0.4) is 0 Å². The number of hydrogen-bond donors (Lipinski definition) is 3. The van der Waals surface area contributed by atoms with Crippen molar-refractivity contribution in [2.75, 3.05) is 43.0 Å². The van der Waals surface area contributed by atoms with Crippen LogP contribution in [0.25, 0.3) is 22.4 Å². The van der Waals surface area contributed by atoms with Gasteiger partial charge in [0.05, 0.1) is 29.4 Å². The summed E-state index contributed by atoms with van der Waals surface area (Å²) < 4.78 is 23.2. The van der Waals surface area contributed by atoms with E-state index in [1.54, 1.807) is 6.20 Å². The Hall–Kier alpha value is -4.48. The van der Waals surface area contributed by atoms with Crippen LogP contribution in [-0.4, -0.2) is 83.0 Å². The molecule has 0 aliphatic carbocycles. The fourth-order valence-corrected chi connectivity index (χ4v) is 7.08. The van der Waals surface area contributed by atoms with Crippen molar-refractivity contribution in [2.24, 2.45) is 0 Å². The minimum absolute atomic E-state index is 0.187. The summed E-state index contributed by atoms with van der Waals surface area (Å²) in [5.74, 6) is 0.947. The van der Waals surface area contributed by atoms with Crippen LogP contribution in [0, 0.1) is 0 Å². The molecular formula is C33H35N5O5S. The number of hydrogen-bond acceptors (Lipinski definition) is 6. The van der Waals surface area contributed by atoms with Crippen LogP contribution in [0.1, 0.15) is 40.6 Å². The van der Waals surface area contributed by atoms with Crippen molar-refractivity contribution in [1.29, 1.82) is 0 Å². The number of nitrogens with zero attached hydrogens (tertiary/aromatic N) is 3. The van der Waals surface area contributed by atoms with Gasteiger partial charge in [0, 0.05) is 37.4 Å². The van der Waals surface area contributed by atoms with Crippen molar-refractivity contribution in [3.63, 3.8) is 0 Å². The Bertz CT molecular complexity index is 1720. The SMILES string of the molecule is O=C(Nc1ccc(CCN2CCS(=O)(=O)CC2)cc1)c1ccc(-c2ccc(-c3cnc([C@@H]4CCCN4C(=O)O)[nH]3)cc2)cc1. The van der Waals surface area contributed by atoms with Gasteiger partial charge in [0.15, 0.2) is 9.84 Å². The van der Waals surface area contributed by atoms with Crippen molar-refractivity contribution in [1.82, 2.24) is 19.8 Å². The number of sulfone groups is 1. The van der Waals surface area contributed by atoms with Gasteiger partial charge in [0.2, 0.25) is 0 Å². The summed E-state index contributed by atoms with van der Waals surface area (Å²) in [7, 11) is -2.87. The van der Waals surface area contributed by atoms with E-state index in [1.807, 2.05) is 72.8 Å². The summed E-state index contributed by atoms with van der Waals surface area (Å²) in [5.41, 5.74) is 6.19. The van der Waals surface area contributed by atoms with E-state index >= 15 is 0 Å². The Kier molecular flexibility index (Phi) is 8.49. The van der Waals surface area contributed by atoms with E-state index in [9.17, 15) is 23.1 Å². The number of aromatic nitrogens is 2. The number of rotatable bonds is 8. The summed E-state index contributed by atoms with van der Waals surface area (Å²) in [4.78, 5) is 35.8. The fourth-order valence-electron chi connectivity index (χ4n) is 5.81. The molecule has 3 N–H and O–H groups in total. The Morgan fingerprint density at radius 3 is 2.18 bits per heavy atom. The third kappa shape index (κ3) is 6.84. The molecule has 2 amide bonds. The first-order valence-electron chi connectivity index (χ1n) is 14.8. The fraction of sp³-hybridized carbons (Fsp3) is 0.303. The molecule has 3 heterocycles. The van der Waals surface area contributed by atoms with Crippen LogP contribution in [0.4, 0.5) is 10.5 Å². The van der Waals surface area contributed by atoms with E-state index in [0.29, 0.717) is 36.7 Å². The minimum Gasteiger partial charge on any atom is -0.465 e. The lowest BCUT2D eigenvalue weighted by Crippen LogP contribution is -2.41. The Morgan fingerprint density at radius 2 is 1.52 bits per heavy atom. The van der Waals surface area contributed by atoms with Gasteiger partial charge in [-0.2, -0.15) is 0 Å².